The lowest BCUT2D eigenvalue weighted by atomic mass is 9.83. The number of nitrogens with zero attached hydrogens (tertiary/aromatic N) is 5. The largest absolute Gasteiger partial charge is 0.495 e. The van der Waals surface area contributed by atoms with Crippen LogP contribution in [-0.2, 0) is 7.05 Å². The van der Waals surface area contributed by atoms with Crippen molar-refractivity contribution >= 4 is 28.0 Å². The Kier molecular flexibility index (Phi) is 6.69. The van der Waals surface area contributed by atoms with E-state index in [0.29, 0.717) is 17.1 Å². The summed E-state index contributed by atoms with van der Waals surface area (Å²) < 4.78 is 36.6. The van der Waals surface area contributed by atoms with Crippen molar-refractivity contribution in [1.82, 2.24) is 23.8 Å². The number of alkyl halides is 2. The van der Waals surface area contributed by atoms with Gasteiger partial charge >= 0.3 is 0 Å². The number of carbonyl (C=O) groups is 1. The lowest BCUT2D eigenvalue weighted by Crippen LogP contribution is -2.60. The van der Waals surface area contributed by atoms with E-state index in [-0.39, 0.29) is 31.0 Å². The fraction of sp³-hybridized carbons (Fsp3) is 0.364. The van der Waals surface area contributed by atoms with Crippen molar-refractivity contribution in [3.63, 3.8) is 0 Å². The number of hydrogen-bond acceptors (Lipinski definition) is 5. The van der Waals surface area contributed by atoms with E-state index in [1.807, 2.05) is 78.2 Å². The van der Waals surface area contributed by atoms with Gasteiger partial charge in [0.1, 0.15) is 17.3 Å². The number of hydrogen-bond donors (Lipinski definition) is 1. The van der Waals surface area contributed by atoms with Gasteiger partial charge < -0.3 is 14.6 Å². The monoisotopic (exact) mass is 584 g/mol. The molecule has 2 aliphatic rings. The molecule has 2 aromatic carbocycles. The summed E-state index contributed by atoms with van der Waals surface area (Å²) in [7, 11) is 3.47. The summed E-state index contributed by atoms with van der Waals surface area (Å²) >= 11 is 0. The van der Waals surface area contributed by atoms with Gasteiger partial charge in [0, 0.05) is 47.9 Å². The van der Waals surface area contributed by atoms with Crippen LogP contribution in [0.2, 0.25) is 0 Å². The number of carbonyl (C=O) groups excluding carboxylic acids is 1. The zero-order valence-electron chi connectivity index (χ0n) is 24.5. The number of methoxy groups -OCH3 is 1. The second-order valence-electron chi connectivity index (χ2n) is 11.8. The molecule has 0 bridgehead atoms. The van der Waals surface area contributed by atoms with Crippen LogP contribution < -0.4 is 10.1 Å². The number of aryl methyl sites for hydroxylation is 2. The van der Waals surface area contributed by atoms with Crippen molar-refractivity contribution in [2.75, 3.05) is 25.5 Å². The summed E-state index contributed by atoms with van der Waals surface area (Å²) in [5.41, 5.74) is 5.55. The van der Waals surface area contributed by atoms with Crippen molar-refractivity contribution in [3.8, 4) is 17.0 Å². The lowest BCUT2D eigenvalue weighted by molar-refractivity contribution is -0.150. The van der Waals surface area contributed by atoms with Gasteiger partial charge in [-0.25, -0.2) is 13.8 Å². The summed E-state index contributed by atoms with van der Waals surface area (Å²) in [4.78, 5) is 24.9. The van der Waals surface area contributed by atoms with Gasteiger partial charge in [-0.05, 0) is 56.9 Å². The van der Waals surface area contributed by atoms with Crippen LogP contribution in [0.5, 0.6) is 5.75 Å². The van der Waals surface area contributed by atoms with Crippen LogP contribution in [-0.4, -0.2) is 61.9 Å². The molecule has 0 spiro atoms. The number of nitrogens with one attached hydrogen (secondary N) is 1. The molecule has 1 N–H and O–H groups in total. The van der Waals surface area contributed by atoms with Crippen molar-refractivity contribution in [2.24, 2.45) is 7.05 Å². The predicted octanol–water partition coefficient (Wildman–Crippen LogP) is 6.43. The minimum absolute atomic E-state index is 0.121. The first-order valence-corrected chi connectivity index (χ1v) is 14.7. The van der Waals surface area contributed by atoms with Crippen molar-refractivity contribution < 1.29 is 18.3 Å². The maximum absolute atomic E-state index is 13.4. The van der Waals surface area contributed by atoms with Gasteiger partial charge in [-0.1, -0.05) is 24.3 Å². The molecular weight excluding hydrogens is 550 g/mol. The van der Waals surface area contributed by atoms with Crippen molar-refractivity contribution in [1.29, 1.82) is 0 Å². The van der Waals surface area contributed by atoms with E-state index >= 15 is 0 Å². The highest BCUT2D eigenvalue weighted by Crippen LogP contribution is 2.41. The van der Waals surface area contributed by atoms with Gasteiger partial charge in [0.25, 0.3) is 11.8 Å². The molecule has 0 radical (unpaired) electrons. The van der Waals surface area contributed by atoms with Crippen LogP contribution in [0.4, 0.5) is 14.5 Å². The molecule has 1 saturated carbocycles. The summed E-state index contributed by atoms with van der Waals surface area (Å²) in [6.07, 6.45) is 7.30. The zero-order chi connectivity index (χ0) is 29.9. The van der Waals surface area contributed by atoms with Gasteiger partial charge in [0.15, 0.2) is 0 Å². The van der Waals surface area contributed by atoms with E-state index in [1.54, 1.807) is 13.3 Å². The molecule has 4 heterocycles. The standard InChI is InChI=1S/C33H34F2N6O2/c1-20-30-29(38-31(41(30)15-14-36-20)21-8-11-24(12-9-21)40-18-33(34,35)19-40)23-10-13-25(28(17-23)43-3)37-32(42)27-16-22-6-4-5-7-26(22)39(27)2/h4-7,10,13-17,21,24H,8-9,11-12,18-19H2,1-3H3,(H,37,42)/t21-,24-. The van der Waals surface area contributed by atoms with Gasteiger partial charge in [0.2, 0.25) is 0 Å². The molecule has 0 atom stereocenters. The van der Waals surface area contributed by atoms with Crippen LogP contribution in [0.1, 0.15) is 53.6 Å². The van der Waals surface area contributed by atoms with E-state index in [0.717, 1.165) is 64.9 Å². The molecule has 1 aliphatic heterocycles. The minimum atomic E-state index is -2.54. The molecule has 8 nitrogen and oxygen atoms in total. The molecule has 0 unspecified atom stereocenters. The predicted molar refractivity (Wildman–Crippen MR) is 162 cm³/mol. The molecule has 2 fully saturated rings. The highest BCUT2D eigenvalue weighted by Gasteiger charge is 2.47. The van der Waals surface area contributed by atoms with Crippen LogP contribution >= 0.6 is 0 Å². The van der Waals surface area contributed by atoms with E-state index in [9.17, 15) is 13.6 Å². The quantitative estimate of drug-likeness (QED) is 0.249. The SMILES string of the molecule is COc1cc(-c2nc([C@H]3CC[C@H](N4CC(F)(F)C4)CC3)n3ccnc(C)c23)ccc1NC(=O)c1cc2ccccc2n1C. The number of likely N-dealkylation sites (tertiary alicyclic amines) is 1. The Morgan fingerprint density at radius 1 is 1.07 bits per heavy atom. The molecule has 43 heavy (non-hydrogen) atoms. The molecule has 1 saturated heterocycles. The third kappa shape index (κ3) is 4.83. The molecule has 5 aromatic rings. The van der Waals surface area contributed by atoms with Crippen LogP contribution in [0, 0.1) is 6.92 Å². The highest BCUT2D eigenvalue weighted by atomic mass is 19.3. The van der Waals surface area contributed by atoms with E-state index in [2.05, 4.69) is 14.7 Å². The van der Waals surface area contributed by atoms with Gasteiger partial charge in [0.05, 0.1) is 42.8 Å². The number of amides is 1. The summed E-state index contributed by atoms with van der Waals surface area (Å²) in [5, 5.41) is 4.02. The number of halogens is 2. The Balaban J connectivity index is 1.17. The minimum Gasteiger partial charge on any atom is -0.495 e. The number of fused-ring (bicyclic) bond motifs is 2. The second-order valence-corrected chi connectivity index (χ2v) is 11.8. The fourth-order valence-corrected chi connectivity index (χ4v) is 6.85. The van der Waals surface area contributed by atoms with Gasteiger partial charge in [-0.3, -0.25) is 19.1 Å². The Labute approximate surface area is 248 Å². The van der Waals surface area contributed by atoms with E-state index < -0.39 is 5.92 Å². The molecule has 10 heteroatoms. The smallest absolute Gasteiger partial charge is 0.272 e. The molecular formula is C33H34F2N6O2. The fourth-order valence-electron chi connectivity index (χ4n) is 6.85. The number of para-hydroxylation sites is 1. The van der Waals surface area contributed by atoms with Crippen LogP contribution in [0.25, 0.3) is 27.7 Å². The number of imidazole rings is 1. The maximum Gasteiger partial charge on any atom is 0.272 e. The third-order valence-corrected chi connectivity index (χ3v) is 9.12. The maximum atomic E-state index is 13.4. The summed E-state index contributed by atoms with van der Waals surface area (Å²) in [6, 6.07) is 15.7. The molecule has 1 aliphatic carbocycles. The number of ether oxygens (including phenoxy) is 1. The second kappa shape index (κ2) is 10.4. The first kappa shape index (κ1) is 27.5. The Morgan fingerprint density at radius 2 is 1.84 bits per heavy atom. The topological polar surface area (TPSA) is 76.7 Å². The number of rotatable bonds is 6. The van der Waals surface area contributed by atoms with Crippen molar-refractivity contribution in [3.05, 3.63) is 78.1 Å². The number of anilines is 1. The molecule has 7 rings (SSSR count). The number of benzene rings is 2. The first-order valence-electron chi connectivity index (χ1n) is 14.7. The van der Waals surface area contributed by atoms with Gasteiger partial charge in [-0.15, -0.1) is 0 Å². The summed E-state index contributed by atoms with van der Waals surface area (Å²) in [5.74, 6) is -1.04. The van der Waals surface area contributed by atoms with Crippen LogP contribution in [0.15, 0.2) is 60.9 Å². The summed E-state index contributed by atoms with van der Waals surface area (Å²) in [6.45, 7) is 1.73. The zero-order valence-corrected chi connectivity index (χ0v) is 24.5. The molecule has 1 amide bonds. The number of aromatic nitrogens is 4. The first-order chi connectivity index (χ1) is 20.7. The van der Waals surface area contributed by atoms with Crippen molar-refractivity contribution in [2.45, 2.75) is 50.5 Å². The Bertz CT molecular complexity index is 1850. The average Bonchev–Trinajstić information content (AvgIpc) is 3.55. The highest BCUT2D eigenvalue weighted by molar-refractivity contribution is 6.07. The third-order valence-electron chi connectivity index (χ3n) is 9.12. The van der Waals surface area contributed by atoms with Crippen LogP contribution in [0.3, 0.4) is 0 Å². The van der Waals surface area contributed by atoms with E-state index in [1.165, 1.54) is 0 Å². The molecule has 3 aromatic heterocycles. The average molecular weight is 585 g/mol. The Morgan fingerprint density at radius 3 is 2.56 bits per heavy atom. The Hall–Kier alpha value is -4.31. The normalized spacial score (nSPS) is 20.3. The van der Waals surface area contributed by atoms with Gasteiger partial charge in [-0.2, -0.15) is 0 Å². The lowest BCUT2D eigenvalue weighted by Gasteiger charge is -2.46. The molecule has 222 valence electrons. The van der Waals surface area contributed by atoms with E-state index in [4.69, 9.17) is 9.72 Å².